The quantitative estimate of drug-likeness (QED) is 0.453. The summed E-state index contributed by atoms with van der Waals surface area (Å²) in [7, 11) is 0. The molecule has 0 saturated carbocycles. The number of hydrogen-bond acceptors (Lipinski definition) is 6. The Morgan fingerprint density at radius 2 is 0.968 bits per heavy atom. The zero-order valence-electron chi connectivity index (χ0n) is 17.7. The molecule has 2 aliphatic rings. The fourth-order valence-electron chi connectivity index (χ4n) is 3.65. The van der Waals surface area contributed by atoms with E-state index in [1.807, 2.05) is 48.5 Å². The maximum Gasteiger partial charge on any atom is 2.00 e. The van der Waals surface area contributed by atoms with Gasteiger partial charge in [0, 0.05) is 10.8 Å². The van der Waals surface area contributed by atoms with Crippen molar-refractivity contribution in [2.75, 3.05) is 0 Å². The van der Waals surface area contributed by atoms with Crippen molar-refractivity contribution >= 4 is 49.1 Å². The van der Waals surface area contributed by atoms with Crippen LogP contribution in [0.3, 0.4) is 0 Å². The van der Waals surface area contributed by atoms with E-state index < -0.39 is 0 Å². The van der Waals surface area contributed by atoms with Crippen molar-refractivity contribution < 1.29 is 21.1 Å². The summed E-state index contributed by atoms with van der Waals surface area (Å²) in [6.07, 6.45) is 3.58. The molecule has 0 amide bonds. The zero-order chi connectivity index (χ0) is 21.5. The third-order valence-corrected chi connectivity index (χ3v) is 6.38. The van der Waals surface area contributed by atoms with Crippen LogP contribution in [-0.2, 0) is 57.2 Å². The molecular formula is C24H22N4PtS2. The molecule has 0 saturated heterocycles. The average molecular weight is 626 g/mol. The molecule has 31 heavy (non-hydrogen) atoms. The van der Waals surface area contributed by atoms with Gasteiger partial charge in [-0.3, -0.25) is 0 Å². The Bertz CT molecular complexity index is 1080. The second-order valence-corrected chi connectivity index (χ2v) is 9.28. The summed E-state index contributed by atoms with van der Waals surface area (Å²) in [6, 6.07) is 15.9. The Kier molecular flexibility index (Phi) is 6.75. The maximum atomic E-state index is 5.52. The van der Waals surface area contributed by atoms with Crippen LogP contribution in [-0.4, -0.2) is 23.9 Å². The van der Waals surface area contributed by atoms with Crippen molar-refractivity contribution in [2.45, 2.75) is 48.3 Å². The number of hydrogen-bond donors (Lipinski definition) is 0. The minimum Gasteiger partial charge on any atom is -0.779 e. The van der Waals surface area contributed by atoms with Crippen LogP contribution in [0.1, 0.15) is 38.8 Å². The molecule has 4 nitrogen and oxygen atoms in total. The third kappa shape index (κ3) is 4.34. The largest absolute Gasteiger partial charge is 2.00 e. The molecule has 160 valence electrons. The van der Waals surface area contributed by atoms with E-state index in [9.17, 15) is 0 Å². The molecule has 2 aromatic rings. The van der Waals surface area contributed by atoms with E-state index in [4.69, 9.17) is 35.2 Å². The molecule has 0 radical (unpaired) electrons. The molecule has 7 heteroatoms. The molecule has 0 atom stereocenters. The predicted molar refractivity (Wildman–Crippen MR) is 129 cm³/mol. The van der Waals surface area contributed by atoms with E-state index >= 15 is 0 Å². The molecule has 0 unspecified atom stereocenters. The molecule has 0 N–H and O–H groups in total. The van der Waals surface area contributed by atoms with Crippen molar-refractivity contribution in [3.05, 3.63) is 71.3 Å². The second-order valence-electron chi connectivity index (χ2n) is 8.40. The third-order valence-electron chi connectivity index (χ3n) is 5.67. The Morgan fingerprint density at radius 1 is 0.613 bits per heavy atom. The smallest absolute Gasteiger partial charge is 0.779 e. The molecule has 0 aromatic heterocycles. The molecular weight excluding hydrogens is 604 g/mol. The monoisotopic (exact) mass is 625 g/mol. The minimum atomic E-state index is -0.362. The van der Waals surface area contributed by atoms with Crippen LogP contribution in [0.2, 0.25) is 0 Å². The van der Waals surface area contributed by atoms with Crippen molar-refractivity contribution in [3.63, 3.8) is 0 Å². The molecule has 0 aliphatic carbocycles. The van der Waals surface area contributed by atoms with Gasteiger partial charge in [0.05, 0.1) is 23.9 Å². The number of benzene rings is 2. The first-order valence-corrected chi connectivity index (χ1v) is 10.6. The molecule has 0 spiro atoms. The molecule has 2 aromatic carbocycles. The fraction of sp³-hybridized carbons (Fsp3) is 0.250. The topological polar surface area (TPSA) is 49.4 Å². The van der Waals surface area contributed by atoms with Gasteiger partial charge in [-0.05, 0) is 0 Å². The second kappa shape index (κ2) is 8.85. The summed E-state index contributed by atoms with van der Waals surface area (Å²) in [5, 5.41) is 0. The maximum absolute atomic E-state index is 5.52. The molecule has 0 bridgehead atoms. The van der Waals surface area contributed by atoms with Crippen LogP contribution in [0, 0.1) is 0 Å². The Labute approximate surface area is 208 Å². The van der Waals surface area contributed by atoms with Gasteiger partial charge in [-0.2, -0.15) is 9.79 Å². The van der Waals surface area contributed by atoms with E-state index in [0.717, 1.165) is 32.3 Å². The summed E-state index contributed by atoms with van der Waals surface area (Å²) < 4.78 is 0. The van der Waals surface area contributed by atoms with Gasteiger partial charge in [-0.25, -0.2) is 20.0 Å². The fourth-order valence-corrected chi connectivity index (χ4v) is 4.45. The van der Waals surface area contributed by atoms with Gasteiger partial charge in [0.1, 0.15) is 0 Å². The summed E-state index contributed by atoms with van der Waals surface area (Å²) in [5.41, 5.74) is 3.07. The van der Waals surface area contributed by atoms with Crippen LogP contribution in [0.25, 0.3) is 0 Å². The summed E-state index contributed by atoms with van der Waals surface area (Å²) in [5.74, 6) is 1.04. The van der Waals surface area contributed by atoms with Crippen LogP contribution >= 0.6 is 0 Å². The van der Waals surface area contributed by atoms with E-state index in [2.05, 4.69) is 37.7 Å². The van der Waals surface area contributed by atoms with Crippen molar-refractivity contribution in [1.82, 2.24) is 0 Å². The van der Waals surface area contributed by atoms with Gasteiger partial charge < -0.3 is 25.3 Å². The van der Waals surface area contributed by atoms with Crippen molar-refractivity contribution in [1.29, 1.82) is 0 Å². The summed E-state index contributed by atoms with van der Waals surface area (Å²) in [4.78, 5) is 20.2. The van der Waals surface area contributed by atoms with E-state index in [-0.39, 0.29) is 31.9 Å². The summed E-state index contributed by atoms with van der Waals surface area (Å²) >= 11 is 11.0. The van der Waals surface area contributed by atoms with Crippen LogP contribution < -0.4 is 0 Å². The standard InChI is InChI=1S/C24H24N4S2.Pt/c1-23(2,15-9-5-7-11-17(15)29)19-13-25-21(27-19)22-26-14-20(28-22)24(3,4)16-10-6-8-12-18(16)30;/h5-14,29-30H,1-4H3;/q;+2/p-2/b22-21-;. The van der Waals surface area contributed by atoms with Crippen LogP contribution in [0.4, 0.5) is 0 Å². The van der Waals surface area contributed by atoms with Crippen molar-refractivity contribution in [3.8, 4) is 0 Å². The van der Waals surface area contributed by atoms with Crippen LogP contribution in [0.5, 0.6) is 0 Å². The normalized spacial score (nSPS) is 18.1. The van der Waals surface area contributed by atoms with E-state index in [0.29, 0.717) is 11.6 Å². The summed E-state index contributed by atoms with van der Waals surface area (Å²) in [6.45, 7) is 8.42. The Hall–Kier alpha value is -2.01. The van der Waals surface area contributed by atoms with Gasteiger partial charge in [0.25, 0.3) is 0 Å². The van der Waals surface area contributed by atoms with Crippen molar-refractivity contribution in [2.24, 2.45) is 20.0 Å². The Balaban J connectivity index is 0.00000272. The SMILES string of the molecule is CC(C)(C1=N/C(=C2/N=CC(C(C)(C)c3ccccc3[S-])=N2)N=C1)c1ccccc1[S-].[Pt+2]. The van der Waals surface area contributed by atoms with Gasteiger partial charge in [-0.1, -0.05) is 87.4 Å². The van der Waals surface area contributed by atoms with E-state index in [1.165, 1.54) is 0 Å². The number of nitrogens with zero attached hydrogens (tertiary/aromatic N) is 4. The Morgan fingerprint density at radius 3 is 1.32 bits per heavy atom. The molecule has 4 rings (SSSR count). The minimum absolute atomic E-state index is 0. The first kappa shape index (κ1) is 23.6. The predicted octanol–water partition coefficient (Wildman–Crippen LogP) is 4.93. The first-order chi connectivity index (χ1) is 14.2. The van der Waals surface area contributed by atoms with Gasteiger partial charge >= 0.3 is 21.1 Å². The molecule has 2 heterocycles. The van der Waals surface area contributed by atoms with Gasteiger partial charge in [0.2, 0.25) is 0 Å². The van der Waals surface area contributed by atoms with Gasteiger partial charge in [-0.15, -0.1) is 0 Å². The number of rotatable bonds is 4. The molecule has 2 aliphatic heterocycles. The van der Waals surface area contributed by atoms with Gasteiger partial charge in [0.15, 0.2) is 11.6 Å². The first-order valence-electron chi connectivity index (χ1n) is 9.75. The number of aliphatic imine (C=N–C) groups is 4. The van der Waals surface area contributed by atoms with E-state index in [1.54, 1.807) is 12.4 Å². The van der Waals surface area contributed by atoms with Crippen LogP contribution in [0.15, 0.2) is 89.9 Å². The molecule has 0 fully saturated rings. The average Bonchev–Trinajstić information content (AvgIpc) is 3.38. The zero-order valence-corrected chi connectivity index (χ0v) is 21.6.